The lowest BCUT2D eigenvalue weighted by atomic mass is 10.0. The van der Waals surface area contributed by atoms with Gasteiger partial charge in [0.05, 0.1) is 11.1 Å². The summed E-state index contributed by atoms with van der Waals surface area (Å²) in [4.78, 5) is 0. The van der Waals surface area contributed by atoms with Gasteiger partial charge in [0.1, 0.15) is 0 Å². The maximum absolute atomic E-state index is 13.8. The summed E-state index contributed by atoms with van der Waals surface area (Å²) in [7, 11) is 0. The third-order valence-electron chi connectivity index (χ3n) is 2.68. The predicted octanol–water partition coefficient (Wildman–Crippen LogP) is 4.10. The van der Waals surface area contributed by atoms with Crippen LogP contribution >= 0.6 is 15.9 Å². The van der Waals surface area contributed by atoms with E-state index in [1.54, 1.807) is 13.0 Å². The van der Waals surface area contributed by atoms with E-state index in [4.69, 9.17) is 9.47 Å². The zero-order valence-corrected chi connectivity index (χ0v) is 11.6. The zero-order chi connectivity index (χ0) is 12.7. The van der Waals surface area contributed by atoms with E-state index in [9.17, 15) is 4.39 Å². The van der Waals surface area contributed by atoms with Crippen LogP contribution in [0.3, 0.4) is 0 Å². The van der Waals surface area contributed by atoms with E-state index < -0.39 is 5.83 Å². The van der Waals surface area contributed by atoms with Crippen molar-refractivity contribution >= 4 is 15.9 Å². The Morgan fingerprint density at radius 3 is 2.71 bits per heavy atom. The molecule has 1 heterocycles. The molecule has 2 nitrogen and oxygen atoms in total. The summed E-state index contributed by atoms with van der Waals surface area (Å²) in [5, 5.41) is 0. The smallest absolute Gasteiger partial charge is 0.178 e. The quantitative estimate of drug-likeness (QED) is 0.562. The third kappa shape index (κ3) is 4.64. The Morgan fingerprint density at radius 2 is 2.18 bits per heavy atom. The van der Waals surface area contributed by atoms with Crippen molar-refractivity contribution in [1.82, 2.24) is 0 Å². The average Bonchev–Trinajstić information content (AvgIpc) is 2.39. The van der Waals surface area contributed by atoms with Gasteiger partial charge in [-0.2, -0.15) is 0 Å². The van der Waals surface area contributed by atoms with Gasteiger partial charge < -0.3 is 9.47 Å². The number of hydrogen-bond donors (Lipinski definition) is 0. The second kappa shape index (κ2) is 7.67. The number of rotatable bonds is 5. The SMILES string of the molecule is C=C/C(OCC1CCOCC1)=C(F)\C(Br)=C/C. The molecule has 1 rings (SSSR count). The molecule has 0 unspecified atom stereocenters. The van der Waals surface area contributed by atoms with Crippen molar-refractivity contribution in [3.63, 3.8) is 0 Å². The third-order valence-corrected chi connectivity index (χ3v) is 3.49. The largest absolute Gasteiger partial charge is 0.490 e. The first-order chi connectivity index (χ1) is 8.19. The van der Waals surface area contributed by atoms with Crippen LogP contribution < -0.4 is 0 Å². The molecular formula is C13H18BrFO2. The molecule has 1 aliphatic heterocycles. The average molecular weight is 305 g/mol. The van der Waals surface area contributed by atoms with Crippen LogP contribution in [0.2, 0.25) is 0 Å². The predicted molar refractivity (Wildman–Crippen MR) is 70.5 cm³/mol. The lowest BCUT2D eigenvalue weighted by Crippen LogP contribution is -2.20. The van der Waals surface area contributed by atoms with Crippen LogP contribution in [0, 0.1) is 5.92 Å². The Kier molecular flexibility index (Phi) is 6.52. The van der Waals surface area contributed by atoms with Gasteiger partial charge in [0.25, 0.3) is 0 Å². The molecule has 0 aliphatic carbocycles. The second-order valence-electron chi connectivity index (χ2n) is 3.89. The number of ether oxygens (including phenoxy) is 2. The molecule has 1 aliphatic rings. The molecule has 0 aromatic heterocycles. The molecule has 0 radical (unpaired) electrons. The number of allylic oxidation sites excluding steroid dienone is 4. The highest BCUT2D eigenvalue weighted by Crippen LogP contribution is 2.24. The Balaban J connectivity index is 2.54. The maximum atomic E-state index is 13.8. The van der Waals surface area contributed by atoms with Crippen LogP contribution in [0.15, 0.2) is 34.8 Å². The highest BCUT2D eigenvalue weighted by molar-refractivity contribution is 9.11. The van der Waals surface area contributed by atoms with E-state index in [0.29, 0.717) is 17.0 Å². The van der Waals surface area contributed by atoms with Gasteiger partial charge in [0, 0.05) is 13.2 Å². The molecule has 0 N–H and O–H groups in total. The van der Waals surface area contributed by atoms with E-state index in [1.807, 2.05) is 0 Å². The lowest BCUT2D eigenvalue weighted by Gasteiger charge is -2.22. The van der Waals surface area contributed by atoms with Gasteiger partial charge in [0.2, 0.25) is 0 Å². The van der Waals surface area contributed by atoms with E-state index in [2.05, 4.69) is 22.5 Å². The fourth-order valence-electron chi connectivity index (χ4n) is 1.58. The molecule has 0 spiro atoms. The standard InChI is InChI=1S/C13H18BrFO2/c1-3-11(14)13(15)12(4-2)17-9-10-5-7-16-8-6-10/h3-4,10H,2,5-9H2,1H3/b11-3+,13-12-. The van der Waals surface area contributed by atoms with E-state index >= 15 is 0 Å². The Bertz CT molecular complexity index is 317. The molecule has 4 heteroatoms. The van der Waals surface area contributed by atoms with Gasteiger partial charge in [-0.25, -0.2) is 4.39 Å². The highest BCUT2D eigenvalue weighted by atomic mass is 79.9. The van der Waals surface area contributed by atoms with Crippen molar-refractivity contribution in [1.29, 1.82) is 0 Å². The fraction of sp³-hybridized carbons (Fsp3) is 0.538. The molecule has 0 bridgehead atoms. The summed E-state index contributed by atoms with van der Waals surface area (Å²) in [5.41, 5.74) is 0. The Hall–Kier alpha value is -0.610. The number of halogens is 2. The fourth-order valence-corrected chi connectivity index (χ4v) is 1.77. The summed E-state index contributed by atoms with van der Waals surface area (Å²) < 4.78 is 24.9. The summed E-state index contributed by atoms with van der Waals surface area (Å²) in [6.07, 6.45) is 4.98. The van der Waals surface area contributed by atoms with Gasteiger partial charge in [-0.1, -0.05) is 12.7 Å². The van der Waals surface area contributed by atoms with Gasteiger partial charge in [-0.05, 0) is 47.7 Å². The molecule has 17 heavy (non-hydrogen) atoms. The molecule has 0 amide bonds. The molecule has 0 saturated carbocycles. The zero-order valence-electron chi connectivity index (χ0n) is 10.0. The first kappa shape index (κ1) is 14.5. The van der Waals surface area contributed by atoms with E-state index in [1.165, 1.54) is 6.08 Å². The molecular weight excluding hydrogens is 287 g/mol. The van der Waals surface area contributed by atoms with E-state index in [0.717, 1.165) is 26.1 Å². The molecule has 1 fully saturated rings. The highest BCUT2D eigenvalue weighted by Gasteiger charge is 2.16. The van der Waals surface area contributed by atoms with Crippen LogP contribution in [0.25, 0.3) is 0 Å². The minimum absolute atomic E-state index is 0.196. The lowest BCUT2D eigenvalue weighted by molar-refractivity contribution is 0.0380. The van der Waals surface area contributed by atoms with Gasteiger partial charge in [-0.15, -0.1) is 0 Å². The van der Waals surface area contributed by atoms with Crippen molar-refractivity contribution in [3.8, 4) is 0 Å². The topological polar surface area (TPSA) is 18.5 Å². The summed E-state index contributed by atoms with van der Waals surface area (Å²) in [6, 6.07) is 0. The molecule has 0 atom stereocenters. The van der Waals surface area contributed by atoms with Crippen LogP contribution in [0.5, 0.6) is 0 Å². The van der Waals surface area contributed by atoms with Crippen molar-refractivity contribution in [2.75, 3.05) is 19.8 Å². The molecule has 0 aromatic carbocycles. The second-order valence-corrected chi connectivity index (χ2v) is 4.74. The van der Waals surface area contributed by atoms with Crippen LogP contribution in [-0.2, 0) is 9.47 Å². The Labute approximate surface area is 110 Å². The van der Waals surface area contributed by atoms with Crippen molar-refractivity contribution in [3.05, 3.63) is 34.8 Å². The normalized spacial score (nSPS) is 19.8. The van der Waals surface area contributed by atoms with Gasteiger partial charge in [-0.3, -0.25) is 0 Å². The van der Waals surface area contributed by atoms with Crippen molar-refractivity contribution in [2.24, 2.45) is 5.92 Å². The monoisotopic (exact) mass is 304 g/mol. The van der Waals surface area contributed by atoms with Crippen LogP contribution in [-0.4, -0.2) is 19.8 Å². The Morgan fingerprint density at radius 1 is 1.53 bits per heavy atom. The summed E-state index contributed by atoms with van der Waals surface area (Å²) in [6.45, 7) is 7.37. The van der Waals surface area contributed by atoms with Crippen LogP contribution in [0.1, 0.15) is 19.8 Å². The number of hydrogen-bond acceptors (Lipinski definition) is 2. The first-order valence-electron chi connectivity index (χ1n) is 5.74. The summed E-state index contributed by atoms with van der Waals surface area (Å²) >= 11 is 3.13. The summed E-state index contributed by atoms with van der Waals surface area (Å²) in [5.74, 6) is 0.229. The maximum Gasteiger partial charge on any atom is 0.178 e. The minimum Gasteiger partial charge on any atom is -0.490 e. The minimum atomic E-state index is -0.408. The van der Waals surface area contributed by atoms with E-state index in [-0.39, 0.29) is 5.76 Å². The van der Waals surface area contributed by atoms with Crippen molar-refractivity contribution < 1.29 is 13.9 Å². The van der Waals surface area contributed by atoms with Crippen molar-refractivity contribution in [2.45, 2.75) is 19.8 Å². The molecule has 0 aromatic rings. The first-order valence-corrected chi connectivity index (χ1v) is 6.53. The molecule has 1 saturated heterocycles. The van der Waals surface area contributed by atoms with Gasteiger partial charge in [0.15, 0.2) is 11.6 Å². The molecule has 96 valence electrons. The van der Waals surface area contributed by atoms with Crippen LogP contribution in [0.4, 0.5) is 4.39 Å². The van der Waals surface area contributed by atoms with Gasteiger partial charge >= 0.3 is 0 Å².